The molecule has 12 heteroatoms. The number of fused-ring (bicyclic) bond motifs is 1. The molecular formula is C15H17N7O3S2. The first kappa shape index (κ1) is 18.1. The lowest BCUT2D eigenvalue weighted by Crippen LogP contribution is -2.21. The van der Waals surface area contributed by atoms with Crippen LogP contribution in [0.3, 0.4) is 0 Å². The minimum absolute atomic E-state index is 0.0957. The van der Waals surface area contributed by atoms with E-state index in [1.54, 1.807) is 4.68 Å². The topological polar surface area (TPSA) is 128 Å². The van der Waals surface area contributed by atoms with Crippen LogP contribution in [0.5, 0.6) is 0 Å². The first-order valence-corrected chi connectivity index (χ1v) is 10.2. The smallest absolute Gasteiger partial charge is 0.262 e. The molecule has 1 saturated heterocycles. The second-order valence-electron chi connectivity index (χ2n) is 6.00. The maximum atomic E-state index is 12.3. The Morgan fingerprint density at radius 1 is 1.44 bits per heavy atom. The number of rotatable bonds is 5. The molecule has 1 amide bonds. The number of hydrogen-bond donors (Lipinski definition) is 2. The van der Waals surface area contributed by atoms with Crippen LogP contribution in [0.4, 0.5) is 5.13 Å². The van der Waals surface area contributed by atoms with Crippen molar-refractivity contribution in [2.45, 2.75) is 31.0 Å². The summed E-state index contributed by atoms with van der Waals surface area (Å²) in [5, 5.41) is 16.8. The molecule has 2 N–H and O–H groups in total. The van der Waals surface area contributed by atoms with Gasteiger partial charge in [0.1, 0.15) is 10.4 Å². The van der Waals surface area contributed by atoms with Gasteiger partial charge in [-0.05, 0) is 19.8 Å². The highest BCUT2D eigenvalue weighted by atomic mass is 32.2. The van der Waals surface area contributed by atoms with E-state index in [0.717, 1.165) is 29.6 Å². The highest BCUT2D eigenvalue weighted by Gasteiger charge is 2.21. The molecule has 0 aliphatic carbocycles. The van der Waals surface area contributed by atoms with Crippen molar-refractivity contribution in [3.05, 3.63) is 21.6 Å². The van der Waals surface area contributed by atoms with Crippen LogP contribution in [0.15, 0.2) is 16.1 Å². The van der Waals surface area contributed by atoms with Gasteiger partial charge in [0.15, 0.2) is 10.8 Å². The number of aromatic amines is 1. The Balaban J connectivity index is 1.50. The monoisotopic (exact) mass is 407 g/mol. The van der Waals surface area contributed by atoms with Crippen LogP contribution in [-0.4, -0.2) is 54.8 Å². The van der Waals surface area contributed by atoms with Crippen molar-refractivity contribution in [1.29, 1.82) is 0 Å². The number of nitrogens with one attached hydrogen (secondary N) is 2. The number of carbonyl (C=O) groups is 1. The average molecular weight is 407 g/mol. The zero-order valence-corrected chi connectivity index (χ0v) is 16.1. The molecule has 1 aliphatic rings. The van der Waals surface area contributed by atoms with E-state index in [0.29, 0.717) is 34.5 Å². The molecule has 0 saturated carbocycles. The van der Waals surface area contributed by atoms with Crippen molar-refractivity contribution >= 4 is 45.2 Å². The van der Waals surface area contributed by atoms with Gasteiger partial charge in [0.2, 0.25) is 11.0 Å². The second kappa shape index (κ2) is 7.74. The van der Waals surface area contributed by atoms with Gasteiger partial charge in [-0.15, -0.1) is 10.2 Å². The zero-order valence-electron chi connectivity index (χ0n) is 14.5. The Morgan fingerprint density at radius 2 is 2.26 bits per heavy atom. The predicted molar refractivity (Wildman–Crippen MR) is 101 cm³/mol. The third kappa shape index (κ3) is 4.01. The minimum atomic E-state index is -0.263. The van der Waals surface area contributed by atoms with E-state index in [1.807, 2.05) is 6.92 Å². The second-order valence-corrected chi connectivity index (χ2v) is 8.15. The summed E-state index contributed by atoms with van der Waals surface area (Å²) in [5.74, 6) is -0.143. The zero-order chi connectivity index (χ0) is 18.8. The van der Waals surface area contributed by atoms with Gasteiger partial charge in [-0.2, -0.15) is 5.10 Å². The van der Waals surface area contributed by atoms with Crippen molar-refractivity contribution in [2.24, 2.45) is 0 Å². The van der Waals surface area contributed by atoms with Gasteiger partial charge in [-0.3, -0.25) is 14.9 Å². The quantitative estimate of drug-likeness (QED) is 0.479. The first-order valence-electron chi connectivity index (χ1n) is 8.38. The lowest BCUT2D eigenvalue weighted by molar-refractivity contribution is -0.113. The number of thioether (sulfide) groups is 1. The minimum Gasteiger partial charge on any atom is -0.381 e. The van der Waals surface area contributed by atoms with E-state index in [9.17, 15) is 9.59 Å². The molecule has 0 spiro atoms. The molecule has 0 atom stereocenters. The number of hydrogen-bond acceptors (Lipinski definition) is 9. The number of carbonyl (C=O) groups excluding carboxylic acids is 1. The molecule has 0 bridgehead atoms. The average Bonchev–Trinajstić information content (AvgIpc) is 3.27. The summed E-state index contributed by atoms with van der Waals surface area (Å²) < 4.78 is 7.18. The third-order valence-electron chi connectivity index (χ3n) is 4.09. The van der Waals surface area contributed by atoms with Crippen molar-refractivity contribution < 1.29 is 9.53 Å². The van der Waals surface area contributed by atoms with Gasteiger partial charge >= 0.3 is 0 Å². The molecule has 3 aromatic heterocycles. The van der Waals surface area contributed by atoms with Crippen LogP contribution in [0.2, 0.25) is 0 Å². The summed E-state index contributed by atoms with van der Waals surface area (Å²) >= 11 is 2.46. The van der Waals surface area contributed by atoms with E-state index in [-0.39, 0.29) is 23.3 Å². The summed E-state index contributed by atoms with van der Waals surface area (Å²) in [4.78, 5) is 31.6. The van der Waals surface area contributed by atoms with E-state index in [4.69, 9.17) is 4.74 Å². The third-order valence-corrected chi connectivity index (χ3v) is 5.72. The van der Waals surface area contributed by atoms with Crippen LogP contribution in [0.25, 0.3) is 11.0 Å². The van der Waals surface area contributed by atoms with Crippen molar-refractivity contribution in [3.8, 4) is 0 Å². The van der Waals surface area contributed by atoms with E-state index in [2.05, 4.69) is 30.6 Å². The fraction of sp³-hybridized carbons (Fsp3) is 0.467. The molecule has 27 heavy (non-hydrogen) atoms. The summed E-state index contributed by atoms with van der Waals surface area (Å²) in [5.41, 5.74) is 0.272. The SMILES string of the molecule is Cc1nnc(NC(=O)CSc2nc3c(cnn3C3CCOCC3)c(=O)[nH]2)s1. The van der Waals surface area contributed by atoms with Gasteiger partial charge in [0, 0.05) is 13.2 Å². The first-order chi connectivity index (χ1) is 13.1. The summed E-state index contributed by atoms with van der Waals surface area (Å²) in [7, 11) is 0. The highest BCUT2D eigenvalue weighted by molar-refractivity contribution is 7.99. The number of anilines is 1. The predicted octanol–water partition coefficient (Wildman–Crippen LogP) is 1.36. The maximum Gasteiger partial charge on any atom is 0.262 e. The van der Waals surface area contributed by atoms with Crippen molar-refractivity contribution in [3.63, 3.8) is 0 Å². The number of H-pyrrole nitrogens is 1. The summed E-state index contributed by atoms with van der Waals surface area (Å²) in [6.07, 6.45) is 3.20. The van der Waals surface area contributed by atoms with Crippen LogP contribution < -0.4 is 10.9 Å². The van der Waals surface area contributed by atoms with Crippen LogP contribution in [0.1, 0.15) is 23.9 Å². The fourth-order valence-corrected chi connectivity index (χ4v) is 4.08. The van der Waals surface area contributed by atoms with Gasteiger partial charge in [-0.1, -0.05) is 23.1 Å². The molecule has 0 aromatic carbocycles. The van der Waals surface area contributed by atoms with E-state index >= 15 is 0 Å². The molecule has 1 aliphatic heterocycles. The largest absolute Gasteiger partial charge is 0.381 e. The van der Waals surface area contributed by atoms with Crippen molar-refractivity contribution in [2.75, 3.05) is 24.3 Å². The highest BCUT2D eigenvalue weighted by Crippen LogP contribution is 2.24. The molecule has 3 aromatic rings. The van der Waals surface area contributed by atoms with Crippen molar-refractivity contribution in [1.82, 2.24) is 29.9 Å². The lowest BCUT2D eigenvalue weighted by Gasteiger charge is -2.22. The van der Waals surface area contributed by atoms with E-state index in [1.165, 1.54) is 17.5 Å². The standard InChI is InChI=1S/C15H17N7O3S2/c1-8-20-21-15(27-8)17-11(23)7-26-14-18-12-10(13(24)19-14)6-16-22(12)9-2-4-25-5-3-9/h6,9H,2-5,7H2,1H3,(H,17,21,23)(H,18,19,24). The molecule has 0 unspecified atom stereocenters. The van der Waals surface area contributed by atoms with Gasteiger partial charge in [-0.25, -0.2) is 9.67 Å². The normalized spacial score (nSPS) is 15.3. The summed E-state index contributed by atoms with van der Waals surface area (Å²) in [6, 6.07) is 0.160. The molecule has 4 rings (SSSR count). The summed E-state index contributed by atoms with van der Waals surface area (Å²) in [6.45, 7) is 3.15. The maximum absolute atomic E-state index is 12.3. The number of aryl methyl sites for hydroxylation is 1. The lowest BCUT2D eigenvalue weighted by atomic mass is 10.1. The number of amides is 1. The molecule has 0 radical (unpaired) electrons. The Labute approximate surface area is 161 Å². The van der Waals surface area contributed by atoms with Crippen LogP contribution in [-0.2, 0) is 9.53 Å². The number of nitrogens with zero attached hydrogens (tertiary/aromatic N) is 5. The molecular weight excluding hydrogens is 390 g/mol. The van der Waals surface area contributed by atoms with Gasteiger partial charge < -0.3 is 9.72 Å². The Hall–Kier alpha value is -2.31. The molecule has 4 heterocycles. The van der Waals surface area contributed by atoms with Gasteiger partial charge in [0.25, 0.3) is 5.56 Å². The molecule has 10 nitrogen and oxygen atoms in total. The Kier molecular flexibility index (Phi) is 5.18. The van der Waals surface area contributed by atoms with Crippen LogP contribution in [0, 0.1) is 6.92 Å². The number of aromatic nitrogens is 6. The molecule has 142 valence electrons. The Morgan fingerprint density at radius 3 is 3.00 bits per heavy atom. The van der Waals surface area contributed by atoms with E-state index < -0.39 is 0 Å². The molecule has 1 fully saturated rings. The van der Waals surface area contributed by atoms with Gasteiger partial charge in [0.05, 0.1) is 18.0 Å². The fourth-order valence-electron chi connectivity index (χ4n) is 2.82. The van der Waals surface area contributed by atoms with Crippen LogP contribution >= 0.6 is 23.1 Å². The number of ether oxygens (including phenoxy) is 1. The Bertz CT molecular complexity index is 1020.